The Bertz CT molecular complexity index is 761. The predicted molar refractivity (Wildman–Crippen MR) is 100 cm³/mol. The first-order chi connectivity index (χ1) is 12.5. The Labute approximate surface area is 153 Å². The summed E-state index contributed by atoms with van der Waals surface area (Å²) in [6.45, 7) is 4.50. The minimum atomic E-state index is -0.433. The average Bonchev–Trinajstić information content (AvgIpc) is 3.10. The van der Waals surface area contributed by atoms with Gasteiger partial charge in [0.05, 0.1) is 18.1 Å². The fourth-order valence-corrected chi connectivity index (χ4v) is 3.16. The molecule has 0 spiro atoms. The summed E-state index contributed by atoms with van der Waals surface area (Å²) in [5, 5.41) is 9.06. The highest BCUT2D eigenvalue weighted by Crippen LogP contribution is 2.15. The zero-order valence-corrected chi connectivity index (χ0v) is 15.0. The van der Waals surface area contributed by atoms with Gasteiger partial charge in [0.2, 0.25) is 0 Å². The van der Waals surface area contributed by atoms with Crippen molar-refractivity contribution in [3.05, 3.63) is 65.5 Å². The van der Waals surface area contributed by atoms with Crippen LogP contribution in [0.3, 0.4) is 0 Å². The summed E-state index contributed by atoms with van der Waals surface area (Å²) in [7, 11) is 0. The molecule has 3 atom stereocenters. The molecule has 6 heteroatoms. The number of hydrogen-bond acceptors (Lipinski definition) is 4. The van der Waals surface area contributed by atoms with E-state index in [0.29, 0.717) is 18.5 Å². The number of nitrogens with one attached hydrogen (secondary N) is 3. The van der Waals surface area contributed by atoms with Crippen molar-refractivity contribution in [3.63, 3.8) is 0 Å². The number of hydrogen-bond donors (Lipinski definition) is 3. The van der Waals surface area contributed by atoms with E-state index in [1.165, 1.54) is 0 Å². The second kappa shape index (κ2) is 8.10. The summed E-state index contributed by atoms with van der Waals surface area (Å²) in [4.78, 5) is 29.3. The summed E-state index contributed by atoms with van der Waals surface area (Å²) in [6.07, 6.45) is 2.30. The lowest BCUT2D eigenvalue weighted by atomic mass is 10.0. The normalized spacial score (nSPS) is 20.4. The average molecular weight is 352 g/mol. The molecular weight excluding hydrogens is 328 g/mol. The topological polar surface area (TPSA) is 83.1 Å². The highest BCUT2D eigenvalue weighted by molar-refractivity contribution is 6.01. The van der Waals surface area contributed by atoms with Crippen LogP contribution in [0.5, 0.6) is 0 Å². The van der Waals surface area contributed by atoms with Gasteiger partial charge in [-0.2, -0.15) is 0 Å². The lowest BCUT2D eigenvalue weighted by Gasteiger charge is -2.22. The van der Waals surface area contributed by atoms with E-state index in [-0.39, 0.29) is 23.9 Å². The van der Waals surface area contributed by atoms with E-state index < -0.39 is 6.04 Å². The molecule has 3 rings (SSSR count). The Morgan fingerprint density at radius 1 is 1.19 bits per heavy atom. The third kappa shape index (κ3) is 4.26. The number of ketones is 1. The summed E-state index contributed by atoms with van der Waals surface area (Å²) in [6, 6.07) is 12.3. The van der Waals surface area contributed by atoms with E-state index in [9.17, 15) is 9.59 Å². The molecule has 0 saturated carbocycles. The van der Waals surface area contributed by atoms with Crippen molar-refractivity contribution in [2.45, 2.75) is 38.4 Å². The first kappa shape index (κ1) is 18.1. The van der Waals surface area contributed by atoms with Gasteiger partial charge < -0.3 is 16.0 Å². The lowest BCUT2D eigenvalue weighted by Crippen LogP contribution is -2.51. The Balaban J connectivity index is 1.60. The molecule has 0 aliphatic carbocycles. The van der Waals surface area contributed by atoms with Crippen LogP contribution in [-0.4, -0.2) is 35.4 Å². The molecule has 3 N–H and O–H groups in total. The Kier molecular flexibility index (Phi) is 5.63. The van der Waals surface area contributed by atoms with E-state index in [4.69, 9.17) is 0 Å². The third-order valence-electron chi connectivity index (χ3n) is 4.66. The van der Waals surface area contributed by atoms with Crippen LogP contribution in [-0.2, 0) is 0 Å². The monoisotopic (exact) mass is 352 g/mol. The van der Waals surface area contributed by atoms with Crippen molar-refractivity contribution < 1.29 is 9.59 Å². The molecule has 2 heterocycles. The van der Waals surface area contributed by atoms with Crippen LogP contribution in [0.15, 0.2) is 48.7 Å². The van der Waals surface area contributed by atoms with Crippen molar-refractivity contribution in [1.82, 2.24) is 20.9 Å². The zero-order valence-electron chi connectivity index (χ0n) is 15.0. The smallest absolute Gasteiger partial charge is 0.315 e. The lowest BCUT2D eigenvalue weighted by molar-refractivity contribution is 0.0940. The van der Waals surface area contributed by atoms with Gasteiger partial charge in [-0.05, 0) is 44.5 Å². The standard InChI is InChI=1S/C20H24N4O2/c1-13-8-9-16(12-22-13)19(25)18-17(10-11-21-18)24-20(26)23-14(2)15-6-4-3-5-7-15/h3-9,12,14,17-18,21H,10-11H2,1-2H3,(H2,23,24,26)/t14-,17+,18?/m0/s1. The Hall–Kier alpha value is -2.73. The van der Waals surface area contributed by atoms with E-state index in [0.717, 1.165) is 11.3 Å². The van der Waals surface area contributed by atoms with Crippen molar-refractivity contribution >= 4 is 11.8 Å². The molecule has 1 aliphatic rings. The largest absolute Gasteiger partial charge is 0.333 e. The Morgan fingerprint density at radius 2 is 1.96 bits per heavy atom. The van der Waals surface area contributed by atoms with Crippen LogP contribution in [0.2, 0.25) is 0 Å². The first-order valence-electron chi connectivity index (χ1n) is 8.87. The fraction of sp³-hybridized carbons (Fsp3) is 0.350. The molecule has 0 radical (unpaired) electrons. The van der Waals surface area contributed by atoms with Gasteiger partial charge in [-0.3, -0.25) is 9.78 Å². The van der Waals surface area contributed by atoms with Gasteiger partial charge in [-0.1, -0.05) is 30.3 Å². The molecule has 1 fully saturated rings. The van der Waals surface area contributed by atoms with E-state index >= 15 is 0 Å². The summed E-state index contributed by atoms with van der Waals surface area (Å²) in [5.74, 6) is -0.0450. The first-order valence-corrected chi connectivity index (χ1v) is 8.87. The quantitative estimate of drug-likeness (QED) is 0.722. The Morgan fingerprint density at radius 3 is 2.65 bits per heavy atom. The van der Waals surface area contributed by atoms with E-state index in [2.05, 4.69) is 20.9 Å². The van der Waals surface area contributed by atoms with Crippen LogP contribution in [0.1, 0.15) is 41.0 Å². The number of pyridine rings is 1. The number of nitrogens with zero attached hydrogens (tertiary/aromatic N) is 1. The van der Waals surface area contributed by atoms with Gasteiger partial charge >= 0.3 is 6.03 Å². The van der Waals surface area contributed by atoms with Gasteiger partial charge in [0.25, 0.3) is 0 Å². The number of amides is 2. The van der Waals surface area contributed by atoms with Crippen LogP contribution >= 0.6 is 0 Å². The third-order valence-corrected chi connectivity index (χ3v) is 4.66. The molecular formula is C20H24N4O2. The molecule has 2 amide bonds. The van der Waals surface area contributed by atoms with Crippen molar-refractivity contribution in [2.24, 2.45) is 0 Å². The maximum atomic E-state index is 12.7. The molecule has 1 aromatic carbocycles. The van der Waals surface area contributed by atoms with Crippen LogP contribution in [0, 0.1) is 6.92 Å². The van der Waals surface area contributed by atoms with Crippen molar-refractivity contribution in [2.75, 3.05) is 6.54 Å². The molecule has 1 aromatic heterocycles. The second-order valence-corrected chi connectivity index (χ2v) is 6.63. The minimum Gasteiger partial charge on any atom is -0.333 e. The van der Waals surface area contributed by atoms with Gasteiger partial charge in [0.1, 0.15) is 0 Å². The summed E-state index contributed by atoms with van der Waals surface area (Å²) in [5.41, 5.74) is 2.45. The maximum absolute atomic E-state index is 12.7. The number of rotatable bonds is 5. The van der Waals surface area contributed by atoms with E-state index in [1.54, 1.807) is 12.3 Å². The van der Waals surface area contributed by atoms with Crippen molar-refractivity contribution in [3.8, 4) is 0 Å². The molecule has 2 aromatic rings. The molecule has 136 valence electrons. The van der Waals surface area contributed by atoms with Gasteiger partial charge in [0.15, 0.2) is 5.78 Å². The van der Waals surface area contributed by atoms with Gasteiger partial charge in [-0.25, -0.2) is 4.79 Å². The zero-order chi connectivity index (χ0) is 18.5. The highest BCUT2D eigenvalue weighted by Gasteiger charge is 2.34. The number of Topliss-reactive ketones (excluding diaryl/α,β-unsaturated/α-hetero) is 1. The highest BCUT2D eigenvalue weighted by atomic mass is 16.2. The summed E-state index contributed by atoms with van der Waals surface area (Å²) < 4.78 is 0. The predicted octanol–water partition coefficient (Wildman–Crippen LogP) is 2.36. The summed E-state index contributed by atoms with van der Waals surface area (Å²) >= 11 is 0. The SMILES string of the molecule is Cc1ccc(C(=O)C2NCC[C@H]2NC(=O)N[C@@H](C)c2ccccc2)cn1. The minimum absolute atomic E-state index is 0.0450. The molecule has 6 nitrogen and oxygen atoms in total. The van der Waals surface area contributed by atoms with Gasteiger partial charge in [-0.15, -0.1) is 0 Å². The molecule has 1 saturated heterocycles. The van der Waals surface area contributed by atoms with E-state index in [1.807, 2.05) is 50.2 Å². The maximum Gasteiger partial charge on any atom is 0.315 e. The molecule has 1 unspecified atom stereocenters. The van der Waals surface area contributed by atoms with Crippen LogP contribution in [0.25, 0.3) is 0 Å². The van der Waals surface area contributed by atoms with Crippen molar-refractivity contribution in [1.29, 1.82) is 0 Å². The van der Waals surface area contributed by atoms with Crippen LogP contribution < -0.4 is 16.0 Å². The van der Waals surface area contributed by atoms with Crippen LogP contribution in [0.4, 0.5) is 4.79 Å². The number of aryl methyl sites for hydroxylation is 1. The molecule has 1 aliphatic heterocycles. The van der Waals surface area contributed by atoms with Gasteiger partial charge in [0, 0.05) is 17.5 Å². The molecule has 26 heavy (non-hydrogen) atoms. The number of aromatic nitrogens is 1. The number of carbonyl (C=O) groups is 2. The molecule has 0 bridgehead atoms. The second-order valence-electron chi connectivity index (χ2n) is 6.63. The number of benzene rings is 1. The number of carbonyl (C=O) groups excluding carboxylic acids is 2. The fourth-order valence-electron chi connectivity index (χ4n) is 3.16. The number of urea groups is 1.